The first-order valence-corrected chi connectivity index (χ1v) is 5.32. The van der Waals surface area contributed by atoms with Crippen molar-refractivity contribution in [3.05, 3.63) is 30.4 Å². The zero-order valence-corrected chi connectivity index (χ0v) is 9.73. The van der Waals surface area contributed by atoms with E-state index in [4.69, 9.17) is 0 Å². The summed E-state index contributed by atoms with van der Waals surface area (Å²) in [6.07, 6.45) is 8.00. The van der Waals surface area contributed by atoms with Crippen LogP contribution < -0.4 is 0 Å². The van der Waals surface area contributed by atoms with Crippen molar-refractivity contribution in [3.8, 4) is 0 Å². The van der Waals surface area contributed by atoms with Gasteiger partial charge in [-0.05, 0) is 25.8 Å². The van der Waals surface area contributed by atoms with Gasteiger partial charge in [0.05, 0.1) is 5.71 Å². The maximum absolute atomic E-state index is 4.58. The number of aromatic nitrogens is 2. The second kappa shape index (κ2) is 3.33. The van der Waals surface area contributed by atoms with E-state index in [1.165, 1.54) is 0 Å². The Balaban J connectivity index is 2.55. The molecule has 1 aliphatic rings. The van der Waals surface area contributed by atoms with E-state index < -0.39 is 0 Å². The maximum atomic E-state index is 4.58. The molecule has 0 amide bonds. The standard InChI is InChI=1S/C12H17N3/c1-9(2)10-5-6-12(3,4)11-13-7-8-15(11)14-10/h5-9H,1-4H3. The lowest BCUT2D eigenvalue weighted by Crippen LogP contribution is -2.17. The van der Waals surface area contributed by atoms with Crippen molar-refractivity contribution >= 4 is 5.71 Å². The Morgan fingerprint density at radius 3 is 2.73 bits per heavy atom. The van der Waals surface area contributed by atoms with Crippen LogP contribution in [0.5, 0.6) is 0 Å². The molecule has 1 aromatic rings. The second-order valence-electron chi connectivity index (χ2n) is 4.83. The Labute approximate surface area is 90.5 Å². The molecule has 0 radical (unpaired) electrons. The molecule has 1 aromatic heterocycles. The van der Waals surface area contributed by atoms with E-state index in [-0.39, 0.29) is 5.41 Å². The number of fused-ring (bicyclic) bond motifs is 1. The van der Waals surface area contributed by atoms with E-state index in [1.54, 1.807) is 6.20 Å². The molecule has 1 aliphatic heterocycles. The third kappa shape index (κ3) is 1.74. The van der Waals surface area contributed by atoms with E-state index in [9.17, 15) is 0 Å². The smallest absolute Gasteiger partial charge is 0.139 e. The topological polar surface area (TPSA) is 30.2 Å². The van der Waals surface area contributed by atoms with Gasteiger partial charge in [-0.2, -0.15) is 5.10 Å². The third-order valence-corrected chi connectivity index (χ3v) is 2.68. The quantitative estimate of drug-likeness (QED) is 0.690. The Hall–Kier alpha value is -1.38. The van der Waals surface area contributed by atoms with Gasteiger partial charge in [-0.1, -0.05) is 19.9 Å². The van der Waals surface area contributed by atoms with Crippen molar-refractivity contribution < 1.29 is 0 Å². The van der Waals surface area contributed by atoms with Crippen molar-refractivity contribution in [2.45, 2.75) is 33.1 Å². The molecule has 0 unspecified atom stereocenters. The summed E-state index contributed by atoms with van der Waals surface area (Å²) in [4.78, 5) is 4.37. The van der Waals surface area contributed by atoms with Crippen molar-refractivity contribution in [1.29, 1.82) is 0 Å². The van der Waals surface area contributed by atoms with Crippen LogP contribution in [0.3, 0.4) is 0 Å². The van der Waals surface area contributed by atoms with E-state index in [0.717, 1.165) is 11.5 Å². The summed E-state index contributed by atoms with van der Waals surface area (Å²) in [5.74, 6) is 1.43. The number of nitrogens with zero attached hydrogens (tertiary/aromatic N) is 3. The van der Waals surface area contributed by atoms with E-state index in [0.29, 0.717) is 5.92 Å². The van der Waals surface area contributed by atoms with Gasteiger partial charge in [-0.15, -0.1) is 0 Å². The van der Waals surface area contributed by atoms with Crippen LogP contribution in [-0.4, -0.2) is 15.4 Å². The maximum Gasteiger partial charge on any atom is 0.139 e. The summed E-state index contributed by atoms with van der Waals surface area (Å²) in [5.41, 5.74) is 1.05. The van der Waals surface area contributed by atoms with E-state index >= 15 is 0 Å². The Kier molecular flexibility index (Phi) is 2.25. The normalized spacial score (nSPS) is 18.6. The molecule has 80 valence electrons. The van der Waals surface area contributed by atoms with Crippen LogP contribution >= 0.6 is 0 Å². The predicted molar refractivity (Wildman–Crippen MR) is 62.1 cm³/mol. The molecular formula is C12H17N3. The summed E-state index contributed by atoms with van der Waals surface area (Å²) in [6.45, 7) is 8.61. The molecule has 0 N–H and O–H groups in total. The number of allylic oxidation sites excluding steroid dienone is 2. The van der Waals surface area contributed by atoms with Gasteiger partial charge in [0.1, 0.15) is 5.82 Å². The second-order valence-corrected chi connectivity index (χ2v) is 4.83. The van der Waals surface area contributed by atoms with Crippen molar-refractivity contribution in [1.82, 2.24) is 9.66 Å². The molecule has 0 aromatic carbocycles. The lowest BCUT2D eigenvalue weighted by Gasteiger charge is -2.17. The summed E-state index contributed by atoms with van der Waals surface area (Å²) in [5, 5.41) is 4.58. The summed E-state index contributed by atoms with van der Waals surface area (Å²) in [6, 6.07) is 0. The largest absolute Gasteiger partial charge is 0.239 e. The molecule has 0 bridgehead atoms. The van der Waals surface area contributed by atoms with Crippen LogP contribution in [0, 0.1) is 5.92 Å². The van der Waals surface area contributed by atoms with Crippen LogP contribution in [-0.2, 0) is 5.41 Å². The lowest BCUT2D eigenvalue weighted by atomic mass is 9.91. The molecule has 0 aliphatic carbocycles. The fourth-order valence-electron chi connectivity index (χ4n) is 1.67. The molecular weight excluding hydrogens is 186 g/mol. The molecule has 3 heteroatoms. The fourth-order valence-corrected chi connectivity index (χ4v) is 1.67. The van der Waals surface area contributed by atoms with Crippen LogP contribution in [0.4, 0.5) is 0 Å². The van der Waals surface area contributed by atoms with E-state index in [2.05, 4.69) is 49.9 Å². The van der Waals surface area contributed by atoms with Gasteiger partial charge in [0.2, 0.25) is 0 Å². The molecule has 2 rings (SSSR count). The highest BCUT2D eigenvalue weighted by atomic mass is 15.4. The molecule has 0 fully saturated rings. The first kappa shape index (κ1) is 10.1. The van der Waals surface area contributed by atoms with Crippen LogP contribution in [0.2, 0.25) is 0 Å². The highest BCUT2D eigenvalue weighted by molar-refractivity contribution is 5.96. The third-order valence-electron chi connectivity index (χ3n) is 2.68. The molecule has 15 heavy (non-hydrogen) atoms. The Morgan fingerprint density at radius 1 is 1.33 bits per heavy atom. The first-order chi connectivity index (χ1) is 7.00. The number of rotatable bonds is 1. The fraction of sp³-hybridized carbons (Fsp3) is 0.500. The molecule has 3 nitrogen and oxygen atoms in total. The monoisotopic (exact) mass is 203 g/mol. The SMILES string of the molecule is CC(C)C1=Nn2ccnc2C(C)(C)C=C1. The number of hydrogen-bond donors (Lipinski definition) is 0. The lowest BCUT2D eigenvalue weighted by molar-refractivity contribution is 0.582. The molecule has 0 saturated heterocycles. The minimum atomic E-state index is -0.0519. The minimum Gasteiger partial charge on any atom is -0.239 e. The van der Waals surface area contributed by atoms with Gasteiger partial charge in [0.15, 0.2) is 0 Å². The zero-order valence-electron chi connectivity index (χ0n) is 9.73. The van der Waals surface area contributed by atoms with Crippen molar-refractivity contribution in [2.24, 2.45) is 11.0 Å². The van der Waals surface area contributed by atoms with Crippen LogP contribution in [0.15, 0.2) is 29.6 Å². The van der Waals surface area contributed by atoms with Gasteiger partial charge in [-0.25, -0.2) is 9.66 Å². The van der Waals surface area contributed by atoms with Gasteiger partial charge in [0, 0.05) is 17.8 Å². The van der Waals surface area contributed by atoms with Gasteiger partial charge in [0.25, 0.3) is 0 Å². The average Bonchev–Trinajstić information content (AvgIpc) is 2.55. The molecule has 0 atom stereocenters. The van der Waals surface area contributed by atoms with E-state index in [1.807, 2.05) is 10.9 Å². The average molecular weight is 203 g/mol. The Morgan fingerprint density at radius 2 is 2.07 bits per heavy atom. The molecule has 0 saturated carbocycles. The van der Waals surface area contributed by atoms with Crippen molar-refractivity contribution in [3.63, 3.8) is 0 Å². The van der Waals surface area contributed by atoms with Gasteiger partial charge < -0.3 is 0 Å². The van der Waals surface area contributed by atoms with Gasteiger partial charge in [-0.3, -0.25) is 0 Å². The Bertz CT molecular complexity index is 422. The van der Waals surface area contributed by atoms with Gasteiger partial charge >= 0.3 is 0 Å². The predicted octanol–water partition coefficient (Wildman–Crippen LogP) is 2.59. The first-order valence-electron chi connectivity index (χ1n) is 5.32. The number of imidazole rings is 1. The molecule has 0 spiro atoms. The zero-order chi connectivity index (χ0) is 11.1. The summed E-state index contributed by atoms with van der Waals surface area (Å²) >= 11 is 0. The highest BCUT2D eigenvalue weighted by Gasteiger charge is 2.25. The van der Waals surface area contributed by atoms with Crippen LogP contribution in [0.25, 0.3) is 0 Å². The number of hydrogen-bond acceptors (Lipinski definition) is 2. The highest BCUT2D eigenvalue weighted by Crippen LogP contribution is 2.25. The van der Waals surface area contributed by atoms with Crippen molar-refractivity contribution in [2.75, 3.05) is 0 Å². The van der Waals surface area contributed by atoms with Crippen LogP contribution in [0.1, 0.15) is 33.5 Å². The minimum absolute atomic E-state index is 0.0519. The summed E-state index contributed by atoms with van der Waals surface area (Å²) in [7, 11) is 0. The summed E-state index contributed by atoms with van der Waals surface area (Å²) < 4.78 is 1.88. The molecule has 2 heterocycles.